The first-order valence-corrected chi connectivity index (χ1v) is 11.5. The molecule has 1 aliphatic rings. The van der Waals surface area contributed by atoms with Gasteiger partial charge in [-0.3, -0.25) is 4.79 Å². The first kappa shape index (κ1) is 24.3. The van der Waals surface area contributed by atoms with Gasteiger partial charge in [-0.15, -0.1) is 0 Å². The Labute approximate surface area is 188 Å². The number of ketones is 1. The molecule has 2 N–H and O–H groups in total. The summed E-state index contributed by atoms with van der Waals surface area (Å²) in [6, 6.07) is 6.47. The van der Waals surface area contributed by atoms with Crippen LogP contribution < -0.4 is 5.32 Å². The number of anilines is 2. The zero-order chi connectivity index (χ0) is 23.5. The quantitative estimate of drug-likeness (QED) is 0.302. The van der Waals surface area contributed by atoms with Gasteiger partial charge in [0, 0.05) is 11.5 Å². The second-order valence-corrected chi connectivity index (χ2v) is 9.07. The zero-order valence-electron chi connectivity index (χ0n) is 19.0. The Morgan fingerprint density at radius 3 is 2.47 bits per heavy atom. The van der Waals surface area contributed by atoms with Gasteiger partial charge < -0.3 is 10.4 Å². The summed E-state index contributed by atoms with van der Waals surface area (Å²) in [5.74, 6) is -3.70. The molecule has 1 fully saturated rings. The summed E-state index contributed by atoms with van der Waals surface area (Å²) in [7, 11) is 0. The molecule has 2 aromatic rings. The fraction of sp³-hybridized carbons (Fsp3) is 0.500. The van der Waals surface area contributed by atoms with E-state index in [-0.39, 0.29) is 28.6 Å². The van der Waals surface area contributed by atoms with Gasteiger partial charge in [-0.2, -0.15) is 0 Å². The highest BCUT2D eigenvalue weighted by Gasteiger charge is 2.50. The third-order valence-electron chi connectivity index (χ3n) is 6.72. The molecule has 0 aromatic heterocycles. The summed E-state index contributed by atoms with van der Waals surface area (Å²) in [4.78, 5) is 13.2. The van der Waals surface area contributed by atoms with Crippen molar-refractivity contribution in [3.63, 3.8) is 0 Å². The summed E-state index contributed by atoms with van der Waals surface area (Å²) in [6.07, 6.45) is 5.58. The molecule has 0 aliphatic heterocycles. The molecule has 1 aliphatic carbocycles. The van der Waals surface area contributed by atoms with E-state index < -0.39 is 29.0 Å². The van der Waals surface area contributed by atoms with Crippen molar-refractivity contribution in [3.05, 3.63) is 58.9 Å². The van der Waals surface area contributed by atoms with E-state index in [4.69, 9.17) is 0 Å². The van der Waals surface area contributed by atoms with Gasteiger partial charge in [-0.25, -0.2) is 13.2 Å². The first-order chi connectivity index (χ1) is 15.2. The van der Waals surface area contributed by atoms with Crippen LogP contribution in [0.5, 0.6) is 0 Å². The largest absolute Gasteiger partial charge is 0.390 e. The van der Waals surface area contributed by atoms with Crippen molar-refractivity contribution in [2.45, 2.75) is 71.3 Å². The van der Waals surface area contributed by atoms with Crippen LogP contribution in [0, 0.1) is 36.2 Å². The number of rotatable bonds is 10. The Morgan fingerprint density at radius 2 is 1.84 bits per heavy atom. The SMILES string of the molecule is CCCCCC(CC)C1(O)CC(C(=O)c2ccc(F)c(F)c2Nc2ccc(C)cc2F)C1. The van der Waals surface area contributed by atoms with Crippen LogP contribution in [0.4, 0.5) is 24.5 Å². The fourth-order valence-electron chi connectivity index (χ4n) is 4.76. The maximum absolute atomic E-state index is 14.7. The lowest BCUT2D eigenvalue weighted by atomic mass is 9.61. The van der Waals surface area contributed by atoms with E-state index in [1.165, 1.54) is 18.2 Å². The molecule has 3 nitrogen and oxygen atoms in total. The predicted molar refractivity (Wildman–Crippen MR) is 121 cm³/mol. The monoisotopic (exact) mass is 447 g/mol. The van der Waals surface area contributed by atoms with Crippen molar-refractivity contribution in [1.82, 2.24) is 0 Å². The molecule has 174 valence electrons. The lowest BCUT2D eigenvalue weighted by Gasteiger charge is -2.48. The second kappa shape index (κ2) is 10.1. The molecular weight excluding hydrogens is 415 g/mol. The van der Waals surface area contributed by atoms with Crippen molar-refractivity contribution >= 4 is 17.2 Å². The summed E-state index contributed by atoms with van der Waals surface area (Å²) in [5.41, 5.74) is -0.667. The minimum absolute atomic E-state index is 0.0324. The topological polar surface area (TPSA) is 49.3 Å². The molecule has 1 saturated carbocycles. The molecule has 3 rings (SSSR count). The van der Waals surface area contributed by atoms with E-state index in [2.05, 4.69) is 12.2 Å². The maximum atomic E-state index is 14.7. The molecule has 0 heterocycles. The predicted octanol–water partition coefficient (Wildman–Crippen LogP) is 7.09. The zero-order valence-corrected chi connectivity index (χ0v) is 19.0. The number of hydrogen-bond donors (Lipinski definition) is 2. The van der Waals surface area contributed by atoms with Crippen LogP contribution in [-0.2, 0) is 0 Å². The Kier molecular flexibility index (Phi) is 7.65. The van der Waals surface area contributed by atoms with E-state index in [0.29, 0.717) is 18.4 Å². The van der Waals surface area contributed by atoms with E-state index >= 15 is 0 Å². The van der Waals surface area contributed by atoms with Crippen molar-refractivity contribution in [1.29, 1.82) is 0 Å². The molecule has 0 amide bonds. The third kappa shape index (κ3) is 5.01. The summed E-state index contributed by atoms with van der Waals surface area (Å²) in [5, 5.41) is 13.6. The normalized spacial score (nSPS) is 21.2. The average molecular weight is 448 g/mol. The molecule has 1 unspecified atom stereocenters. The summed E-state index contributed by atoms with van der Waals surface area (Å²) >= 11 is 0. The highest BCUT2D eigenvalue weighted by Crippen LogP contribution is 2.48. The number of unbranched alkanes of at least 4 members (excludes halogenated alkanes) is 2. The minimum Gasteiger partial charge on any atom is -0.390 e. The smallest absolute Gasteiger partial charge is 0.182 e. The van der Waals surface area contributed by atoms with Gasteiger partial charge in [0.1, 0.15) is 5.82 Å². The van der Waals surface area contributed by atoms with E-state index in [1.54, 1.807) is 13.0 Å². The molecule has 2 aromatic carbocycles. The number of aryl methyl sites for hydroxylation is 1. The van der Waals surface area contributed by atoms with Gasteiger partial charge >= 0.3 is 0 Å². The highest BCUT2D eigenvalue weighted by atomic mass is 19.2. The Hall–Kier alpha value is -2.34. The van der Waals surface area contributed by atoms with Crippen molar-refractivity contribution in [2.75, 3.05) is 5.32 Å². The fourth-order valence-corrected chi connectivity index (χ4v) is 4.76. The number of carbonyl (C=O) groups excluding carboxylic acids is 1. The van der Waals surface area contributed by atoms with Crippen LogP contribution in [0.2, 0.25) is 0 Å². The number of Topliss-reactive ketones (excluding diaryl/α,β-unsaturated/α-hetero) is 1. The van der Waals surface area contributed by atoms with Crippen LogP contribution in [0.15, 0.2) is 30.3 Å². The number of halogens is 3. The molecule has 0 spiro atoms. The Bertz CT molecular complexity index is 970. The maximum Gasteiger partial charge on any atom is 0.182 e. The van der Waals surface area contributed by atoms with E-state index in [9.17, 15) is 23.1 Å². The van der Waals surface area contributed by atoms with Gasteiger partial charge in [0.25, 0.3) is 0 Å². The van der Waals surface area contributed by atoms with Crippen LogP contribution in [0.3, 0.4) is 0 Å². The molecule has 1 atom stereocenters. The van der Waals surface area contributed by atoms with Gasteiger partial charge in [-0.1, -0.05) is 45.6 Å². The number of nitrogens with one attached hydrogen (secondary N) is 1. The molecule has 0 radical (unpaired) electrons. The molecule has 0 saturated heterocycles. The van der Waals surface area contributed by atoms with Gasteiger partial charge in [0.15, 0.2) is 17.4 Å². The van der Waals surface area contributed by atoms with E-state index in [1.807, 2.05) is 6.92 Å². The summed E-state index contributed by atoms with van der Waals surface area (Å²) < 4.78 is 42.9. The van der Waals surface area contributed by atoms with Crippen LogP contribution >= 0.6 is 0 Å². The lowest BCUT2D eigenvalue weighted by Crippen LogP contribution is -2.52. The van der Waals surface area contributed by atoms with Gasteiger partial charge in [-0.05, 0) is 61.9 Å². The van der Waals surface area contributed by atoms with Crippen LogP contribution in [0.25, 0.3) is 0 Å². The van der Waals surface area contributed by atoms with Crippen LogP contribution in [0.1, 0.15) is 74.7 Å². The molecule has 32 heavy (non-hydrogen) atoms. The molecular formula is C26H32F3NO2. The highest BCUT2D eigenvalue weighted by molar-refractivity contribution is 6.04. The molecule has 0 bridgehead atoms. The van der Waals surface area contributed by atoms with Crippen molar-refractivity contribution < 1.29 is 23.1 Å². The van der Waals surface area contributed by atoms with Gasteiger partial charge in [0.05, 0.1) is 17.0 Å². The number of hydrogen-bond acceptors (Lipinski definition) is 3. The Balaban J connectivity index is 1.80. The average Bonchev–Trinajstić information content (AvgIpc) is 2.73. The summed E-state index contributed by atoms with van der Waals surface area (Å²) in [6.45, 7) is 5.88. The first-order valence-electron chi connectivity index (χ1n) is 11.5. The number of carbonyl (C=O) groups is 1. The van der Waals surface area contributed by atoms with E-state index in [0.717, 1.165) is 38.2 Å². The molecule has 6 heteroatoms. The van der Waals surface area contributed by atoms with Crippen molar-refractivity contribution in [3.8, 4) is 0 Å². The second-order valence-electron chi connectivity index (χ2n) is 9.07. The number of benzene rings is 2. The van der Waals surface area contributed by atoms with Gasteiger partial charge in [0.2, 0.25) is 0 Å². The Morgan fingerprint density at radius 1 is 1.12 bits per heavy atom. The minimum atomic E-state index is -1.23. The third-order valence-corrected chi connectivity index (χ3v) is 6.72. The number of aliphatic hydroxyl groups is 1. The van der Waals surface area contributed by atoms with Crippen molar-refractivity contribution in [2.24, 2.45) is 11.8 Å². The standard InChI is InChI=1S/C26H32F3NO2/c1-4-6-7-8-18(5-2)26(32)14-17(15-26)25(31)19-10-11-20(27)23(29)24(19)30-22-12-9-16(3)13-21(22)28/h9-13,17-18,30,32H,4-8,14-15H2,1-3H3. The van der Waals surface area contributed by atoms with Crippen LogP contribution in [-0.4, -0.2) is 16.5 Å². The lowest BCUT2D eigenvalue weighted by molar-refractivity contribution is -0.110.